The minimum Gasteiger partial charge on any atom is -0.370 e. The number of rotatable bonds is 7. The van der Waals surface area contributed by atoms with Gasteiger partial charge in [0.25, 0.3) is 5.69 Å². The van der Waals surface area contributed by atoms with Crippen LogP contribution >= 0.6 is 0 Å². The summed E-state index contributed by atoms with van der Waals surface area (Å²) in [5.74, 6) is 1.92. The van der Waals surface area contributed by atoms with E-state index in [1.54, 1.807) is 0 Å². The molecule has 0 unspecified atom stereocenters. The summed E-state index contributed by atoms with van der Waals surface area (Å²) in [5.41, 5.74) is 0.0705. The molecule has 6 heteroatoms. The first kappa shape index (κ1) is 15.5. The maximum atomic E-state index is 11.0. The highest BCUT2D eigenvalue weighted by Gasteiger charge is 2.14. The lowest BCUT2D eigenvalue weighted by Gasteiger charge is -2.21. The minimum absolute atomic E-state index is 0.0705. The molecule has 0 atom stereocenters. The van der Waals surface area contributed by atoms with Crippen molar-refractivity contribution in [1.82, 2.24) is 4.98 Å². The number of nitro groups is 1. The molecule has 0 radical (unpaired) electrons. The molecule has 2 N–H and O–H groups in total. The molecule has 0 bridgehead atoms. The van der Waals surface area contributed by atoms with Crippen molar-refractivity contribution in [2.45, 2.75) is 45.4 Å². The highest BCUT2D eigenvalue weighted by molar-refractivity contribution is 5.54. The van der Waals surface area contributed by atoms with Gasteiger partial charge in [-0.2, -0.15) is 0 Å². The first-order valence-corrected chi connectivity index (χ1v) is 7.83. The molecular weight excluding hydrogens is 268 g/mol. The lowest BCUT2D eigenvalue weighted by atomic mass is 9.87. The van der Waals surface area contributed by atoms with E-state index >= 15 is 0 Å². The van der Waals surface area contributed by atoms with Crippen molar-refractivity contribution in [3.05, 3.63) is 22.2 Å². The highest BCUT2D eigenvalue weighted by Crippen LogP contribution is 2.26. The van der Waals surface area contributed by atoms with Crippen molar-refractivity contribution in [3.63, 3.8) is 0 Å². The summed E-state index contributed by atoms with van der Waals surface area (Å²) in [6.07, 6.45) is 7.78. The molecule has 0 aliphatic heterocycles. The van der Waals surface area contributed by atoms with Crippen LogP contribution in [-0.4, -0.2) is 23.0 Å². The molecular formula is C15H24N4O2. The lowest BCUT2D eigenvalue weighted by Crippen LogP contribution is -2.13. The number of pyridine rings is 1. The average molecular weight is 292 g/mol. The van der Waals surface area contributed by atoms with E-state index in [0.29, 0.717) is 18.2 Å². The zero-order valence-corrected chi connectivity index (χ0v) is 12.6. The van der Waals surface area contributed by atoms with Crippen LogP contribution in [0, 0.1) is 16.0 Å². The van der Waals surface area contributed by atoms with Gasteiger partial charge in [-0.15, -0.1) is 0 Å². The number of hydrogen-bond acceptors (Lipinski definition) is 5. The predicted molar refractivity (Wildman–Crippen MR) is 84.7 cm³/mol. The van der Waals surface area contributed by atoms with E-state index in [4.69, 9.17) is 0 Å². The summed E-state index contributed by atoms with van der Waals surface area (Å²) in [4.78, 5) is 14.9. The smallest absolute Gasteiger partial charge is 0.276 e. The maximum Gasteiger partial charge on any atom is 0.276 e. The van der Waals surface area contributed by atoms with Crippen LogP contribution in [0.25, 0.3) is 0 Å². The number of hydrogen-bond donors (Lipinski definition) is 2. The zero-order chi connectivity index (χ0) is 15.1. The van der Waals surface area contributed by atoms with Gasteiger partial charge in [-0.3, -0.25) is 10.1 Å². The molecule has 0 saturated heterocycles. The number of aromatic nitrogens is 1. The van der Waals surface area contributed by atoms with Gasteiger partial charge in [0.15, 0.2) is 0 Å². The Kier molecular flexibility index (Phi) is 5.78. The van der Waals surface area contributed by atoms with Gasteiger partial charge in [0.2, 0.25) is 0 Å². The summed E-state index contributed by atoms with van der Waals surface area (Å²) in [7, 11) is 0. The van der Waals surface area contributed by atoms with Gasteiger partial charge in [-0.05, 0) is 19.3 Å². The number of nitrogens with one attached hydrogen (secondary N) is 2. The first-order chi connectivity index (χ1) is 10.2. The van der Waals surface area contributed by atoms with E-state index in [1.165, 1.54) is 44.2 Å². The third-order valence-corrected chi connectivity index (χ3v) is 3.96. The summed E-state index contributed by atoms with van der Waals surface area (Å²) < 4.78 is 0. The quantitative estimate of drug-likeness (QED) is 0.590. The molecule has 6 nitrogen and oxygen atoms in total. The minimum atomic E-state index is -0.380. The molecule has 1 fully saturated rings. The predicted octanol–water partition coefficient (Wildman–Crippen LogP) is 3.80. The molecule has 1 saturated carbocycles. The monoisotopic (exact) mass is 292 g/mol. The Labute approximate surface area is 125 Å². The Hall–Kier alpha value is -1.85. The SMILES string of the molecule is CCNc1cc([N+](=O)[O-])cc(NCCC2CCCCC2)n1. The topological polar surface area (TPSA) is 80.1 Å². The molecule has 1 aliphatic rings. The summed E-state index contributed by atoms with van der Waals surface area (Å²) in [5, 5.41) is 17.2. The molecule has 116 valence electrons. The van der Waals surface area contributed by atoms with Crippen LogP contribution in [-0.2, 0) is 0 Å². The van der Waals surface area contributed by atoms with Crippen LogP contribution in [0.2, 0.25) is 0 Å². The van der Waals surface area contributed by atoms with Crippen molar-refractivity contribution >= 4 is 17.3 Å². The van der Waals surface area contributed by atoms with Gasteiger partial charge in [0.05, 0.1) is 17.1 Å². The van der Waals surface area contributed by atoms with E-state index in [1.807, 2.05) is 6.92 Å². The van der Waals surface area contributed by atoms with Crippen molar-refractivity contribution < 1.29 is 4.92 Å². The standard InChI is InChI=1S/C15H24N4O2/c1-2-16-14-10-13(19(20)21)11-15(18-14)17-9-8-12-6-4-3-5-7-12/h10-12H,2-9H2,1H3,(H2,16,17,18). The van der Waals surface area contributed by atoms with Crippen LogP contribution in [0.4, 0.5) is 17.3 Å². The Morgan fingerprint density at radius 3 is 2.52 bits per heavy atom. The molecule has 0 spiro atoms. The third-order valence-electron chi connectivity index (χ3n) is 3.96. The van der Waals surface area contributed by atoms with E-state index in [9.17, 15) is 10.1 Å². The summed E-state index contributed by atoms with van der Waals surface area (Å²) in [6, 6.07) is 2.97. The van der Waals surface area contributed by atoms with Gasteiger partial charge in [-0.25, -0.2) is 4.98 Å². The normalized spacial score (nSPS) is 15.7. The van der Waals surface area contributed by atoms with Crippen molar-refractivity contribution in [2.75, 3.05) is 23.7 Å². The maximum absolute atomic E-state index is 11.0. The van der Waals surface area contributed by atoms with E-state index in [0.717, 1.165) is 18.9 Å². The largest absolute Gasteiger partial charge is 0.370 e. The van der Waals surface area contributed by atoms with E-state index < -0.39 is 0 Å². The molecule has 1 heterocycles. The number of anilines is 2. The summed E-state index contributed by atoms with van der Waals surface area (Å²) >= 11 is 0. The fourth-order valence-electron chi connectivity index (χ4n) is 2.86. The van der Waals surface area contributed by atoms with Crippen LogP contribution in [0.5, 0.6) is 0 Å². The molecule has 1 aromatic rings. The van der Waals surface area contributed by atoms with E-state index in [2.05, 4.69) is 15.6 Å². The Balaban J connectivity index is 1.92. The van der Waals surface area contributed by atoms with Crippen molar-refractivity contribution in [3.8, 4) is 0 Å². The average Bonchev–Trinajstić information content (AvgIpc) is 2.48. The van der Waals surface area contributed by atoms with Crippen LogP contribution in [0.15, 0.2) is 12.1 Å². The van der Waals surface area contributed by atoms with Gasteiger partial charge in [0.1, 0.15) is 11.6 Å². The van der Waals surface area contributed by atoms with Gasteiger partial charge in [0, 0.05) is 13.1 Å². The van der Waals surface area contributed by atoms with Gasteiger partial charge < -0.3 is 10.6 Å². The van der Waals surface area contributed by atoms with Crippen LogP contribution in [0.1, 0.15) is 45.4 Å². The van der Waals surface area contributed by atoms with Crippen LogP contribution < -0.4 is 10.6 Å². The highest BCUT2D eigenvalue weighted by atomic mass is 16.6. The first-order valence-electron chi connectivity index (χ1n) is 7.83. The Morgan fingerprint density at radius 1 is 1.24 bits per heavy atom. The van der Waals surface area contributed by atoms with Crippen molar-refractivity contribution in [1.29, 1.82) is 0 Å². The second kappa shape index (κ2) is 7.81. The lowest BCUT2D eigenvalue weighted by molar-refractivity contribution is -0.384. The Bertz CT molecular complexity index is 473. The molecule has 0 amide bonds. The molecule has 1 aromatic heterocycles. The fourth-order valence-corrected chi connectivity index (χ4v) is 2.86. The van der Waals surface area contributed by atoms with E-state index in [-0.39, 0.29) is 10.6 Å². The van der Waals surface area contributed by atoms with Crippen molar-refractivity contribution in [2.24, 2.45) is 5.92 Å². The molecule has 21 heavy (non-hydrogen) atoms. The Morgan fingerprint density at radius 2 is 1.90 bits per heavy atom. The van der Waals surface area contributed by atoms with Gasteiger partial charge >= 0.3 is 0 Å². The second-order valence-corrected chi connectivity index (χ2v) is 5.60. The van der Waals surface area contributed by atoms with Gasteiger partial charge in [-0.1, -0.05) is 32.1 Å². The zero-order valence-electron chi connectivity index (χ0n) is 12.6. The molecule has 2 rings (SSSR count). The van der Waals surface area contributed by atoms with Crippen LogP contribution in [0.3, 0.4) is 0 Å². The number of nitrogens with zero attached hydrogens (tertiary/aromatic N) is 2. The third kappa shape index (κ3) is 4.88. The molecule has 1 aliphatic carbocycles. The second-order valence-electron chi connectivity index (χ2n) is 5.60. The molecule has 0 aromatic carbocycles. The summed E-state index contributed by atoms with van der Waals surface area (Å²) in [6.45, 7) is 3.46. The fraction of sp³-hybridized carbons (Fsp3) is 0.667.